The standard InChI is InChI=1S/C13H16O3/c1-10(13(14)15)5-3-6-11-7-4-8-12(9-11)16-2/h4-5,7-9H,3,6H2,1-2H3,(H,14,15). The molecule has 0 aromatic heterocycles. The highest BCUT2D eigenvalue weighted by Crippen LogP contribution is 2.14. The molecule has 0 aliphatic rings. The molecule has 1 aromatic rings. The summed E-state index contributed by atoms with van der Waals surface area (Å²) in [6.07, 6.45) is 3.29. The maximum absolute atomic E-state index is 10.6. The van der Waals surface area contributed by atoms with Gasteiger partial charge in [-0.1, -0.05) is 18.2 Å². The average molecular weight is 220 g/mol. The fraction of sp³-hybridized carbons (Fsp3) is 0.308. The minimum atomic E-state index is -0.856. The third kappa shape index (κ3) is 3.77. The molecule has 16 heavy (non-hydrogen) atoms. The number of aliphatic carboxylic acids is 1. The molecule has 3 nitrogen and oxygen atoms in total. The van der Waals surface area contributed by atoms with Crippen molar-refractivity contribution in [3.63, 3.8) is 0 Å². The Bertz CT molecular complexity index is 394. The summed E-state index contributed by atoms with van der Waals surface area (Å²) < 4.78 is 5.11. The van der Waals surface area contributed by atoms with Crippen molar-refractivity contribution in [2.45, 2.75) is 19.8 Å². The summed E-state index contributed by atoms with van der Waals surface area (Å²) in [5, 5.41) is 8.67. The van der Waals surface area contributed by atoms with E-state index in [1.807, 2.05) is 24.3 Å². The van der Waals surface area contributed by atoms with Crippen molar-refractivity contribution in [2.75, 3.05) is 7.11 Å². The molecule has 0 heterocycles. The topological polar surface area (TPSA) is 46.5 Å². The van der Waals surface area contributed by atoms with Crippen molar-refractivity contribution in [3.05, 3.63) is 41.5 Å². The van der Waals surface area contributed by atoms with Crippen LogP contribution < -0.4 is 4.74 Å². The van der Waals surface area contributed by atoms with Gasteiger partial charge in [0.2, 0.25) is 0 Å². The summed E-state index contributed by atoms with van der Waals surface area (Å²) >= 11 is 0. The van der Waals surface area contributed by atoms with Crippen molar-refractivity contribution in [1.82, 2.24) is 0 Å². The first-order chi connectivity index (χ1) is 7.63. The van der Waals surface area contributed by atoms with Gasteiger partial charge in [-0.25, -0.2) is 4.79 Å². The minimum absolute atomic E-state index is 0.392. The second kappa shape index (κ2) is 5.95. The third-order valence-corrected chi connectivity index (χ3v) is 2.36. The van der Waals surface area contributed by atoms with Crippen molar-refractivity contribution < 1.29 is 14.6 Å². The van der Waals surface area contributed by atoms with E-state index in [2.05, 4.69) is 0 Å². The Morgan fingerprint density at radius 2 is 2.25 bits per heavy atom. The van der Waals surface area contributed by atoms with Crippen molar-refractivity contribution in [3.8, 4) is 5.75 Å². The number of allylic oxidation sites excluding steroid dienone is 1. The maximum atomic E-state index is 10.6. The molecule has 0 bridgehead atoms. The third-order valence-electron chi connectivity index (χ3n) is 2.36. The van der Waals surface area contributed by atoms with Gasteiger partial charge in [-0.3, -0.25) is 0 Å². The Morgan fingerprint density at radius 1 is 1.50 bits per heavy atom. The SMILES string of the molecule is COc1cccc(CCC=C(C)C(=O)O)c1. The van der Waals surface area contributed by atoms with Gasteiger partial charge in [0.25, 0.3) is 0 Å². The number of hydrogen-bond donors (Lipinski definition) is 1. The maximum Gasteiger partial charge on any atom is 0.330 e. The van der Waals surface area contributed by atoms with Gasteiger partial charge < -0.3 is 9.84 Å². The van der Waals surface area contributed by atoms with E-state index in [0.717, 1.165) is 24.2 Å². The molecular weight excluding hydrogens is 204 g/mol. The smallest absolute Gasteiger partial charge is 0.330 e. The molecule has 3 heteroatoms. The van der Waals surface area contributed by atoms with Crippen LogP contribution >= 0.6 is 0 Å². The highest BCUT2D eigenvalue weighted by molar-refractivity contribution is 5.85. The van der Waals surface area contributed by atoms with E-state index in [4.69, 9.17) is 9.84 Å². The van der Waals surface area contributed by atoms with Gasteiger partial charge in [-0.15, -0.1) is 0 Å². The number of benzene rings is 1. The van der Waals surface area contributed by atoms with Gasteiger partial charge in [-0.2, -0.15) is 0 Å². The lowest BCUT2D eigenvalue weighted by atomic mass is 10.1. The lowest BCUT2D eigenvalue weighted by Gasteiger charge is -2.02. The van der Waals surface area contributed by atoms with Crippen LogP contribution in [0.3, 0.4) is 0 Å². The first kappa shape index (κ1) is 12.3. The molecule has 1 aromatic carbocycles. The molecule has 0 spiro atoms. The normalized spacial score (nSPS) is 11.2. The van der Waals surface area contributed by atoms with Crippen LogP contribution in [0.1, 0.15) is 18.9 Å². The van der Waals surface area contributed by atoms with E-state index in [9.17, 15) is 4.79 Å². The second-order valence-electron chi connectivity index (χ2n) is 3.58. The van der Waals surface area contributed by atoms with E-state index in [1.54, 1.807) is 20.1 Å². The molecule has 86 valence electrons. The minimum Gasteiger partial charge on any atom is -0.497 e. The summed E-state index contributed by atoms with van der Waals surface area (Å²) in [6, 6.07) is 7.79. The predicted molar refractivity (Wildman–Crippen MR) is 62.7 cm³/mol. The average Bonchev–Trinajstić information content (AvgIpc) is 2.29. The molecule has 0 unspecified atom stereocenters. The van der Waals surface area contributed by atoms with Crippen molar-refractivity contribution in [1.29, 1.82) is 0 Å². The Morgan fingerprint density at radius 3 is 2.88 bits per heavy atom. The van der Waals surface area contributed by atoms with Gasteiger partial charge in [0, 0.05) is 5.57 Å². The molecule has 0 saturated heterocycles. The van der Waals surface area contributed by atoms with Gasteiger partial charge in [0.05, 0.1) is 7.11 Å². The fourth-order valence-corrected chi connectivity index (χ4v) is 1.37. The van der Waals surface area contributed by atoms with Crippen molar-refractivity contribution in [2.24, 2.45) is 0 Å². The van der Waals surface area contributed by atoms with Crippen molar-refractivity contribution >= 4 is 5.97 Å². The van der Waals surface area contributed by atoms with Gasteiger partial charge in [0.1, 0.15) is 5.75 Å². The molecule has 0 amide bonds. The monoisotopic (exact) mass is 220 g/mol. The van der Waals surface area contributed by atoms with Crippen LogP contribution in [0.4, 0.5) is 0 Å². The second-order valence-corrected chi connectivity index (χ2v) is 3.58. The summed E-state index contributed by atoms with van der Waals surface area (Å²) in [7, 11) is 1.63. The van der Waals surface area contributed by atoms with E-state index in [-0.39, 0.29) is 0 Å². The number of aryl methyl sites for hydroxylation is 1. The number of ether oxygens (including phenoxy) is 1. The van der Waals surface area contributed by atoms with Crippen LogP contribution in [0.5, 0.6) is 5.75 Å². The first-order valence-electron chi connectivity index (χ1n) is 5.16. The van der Waals surface area contributed by atoms with E-state index < -0.39 is 5.97 Å². The van der Waals surface area contributed by atoms with Crippen LogP contribution in [0.15, 0.2) is 35.9 Å². The Kier molecular flexibility index (Phi) is 4.58. The quantitative estimate of drug-likeness (QED) is 0.776. The number of carbonyl (C=O) groups is 1. The molecule has 0 fully saturated rings. The molecule has 0 aliphatic heterocycles. The Balaban J connectivity index is 2.55. The van der Waals surface area contributed by atoms with Crippen LogP contribution in [-0.2, 0) is 11.2 Å². The molecule has 1 rings (SSSR count). The molecule has 0 radical (unpaired) electrons. The fourth-order valence-electron chi connectivity index (χ4n) is 1.37. The van der Waals surface area contributed by atoms with Crippen LogP contribution in [0.2, 0.25) is 0 Å². The van der Waals surface area contributed by atoms with Crippen LogP contribution in [0.25, 0.3) is 0 Å². The lowest BCUT2D eigenvalue weighted by molar-refractivity contribution is -0.132. The number of carboxylic acids is 1. The summed E-state index contributed by atoms with van der Waals surface area (Å²) in [5.74, 6) is -0.0259. The van der Waals surface area contributed by atoms with Gasteiger partial charge in [-0.05, 0) is 37.5 Å². The molecule has 0 saturated carbocycles. The van der Waals surface area contributed by atoms with Gasteiger partial charge >= 0.3 is 5.97 Å². The Labute approximate surface area is 95.4 Å². The zero-order valence-electron chi connectivity index (χ0n) is 9.56. The summed E-state index contributed by atoms with van der Waals surface area (Å²) in [4.78, 5) is 10.6. The predicted octanol–water partition coefficient (Wildman–Crippen LogP) is 2.66. The number of rotatable bonds is 5. The number of carboxylic acid groups (broad SMARTS) is 1. The van der Waals surface area contributed by atoms with E-state index in [0.29, 0.717) is 5.57 Å². The molecule has 1 N–H and O–H groups in total. The summed E-state index contributed by atoms with van der Waals surface area (Å²) in [5.41, 5.74) is 1.54. The molecule has 0 aliphatic carbocycles. The number of methoxy groups -OCH3 is 1. The molecular formula is C13H16O3. The first-order valence-corrected chi connectivity index (χ1v) is 5.16. The Hall–Kier alpha value is -1.77. The highest BCUT2D eigenvalue weighted by Gasteiger charge is 1.99. The van der Waals surface area contributed by atoms with E-state index in [1.165, 1.54) is 0 Å². The zero-order chi connectivity index (χ0) is 12.0. The number of hydrogen-bond acceptors (Lipinski definition) is 2. The molecule has 0 atom stereocenters. The zero-order valence-corrected chi connectivity index (χ0v) is 9.56. The van der Waals surface area contributed by atoms with E-state index >= 15 is 0 Å². The largest absolute Gasteiger partial charge is 0.497 e. The van der Waals surface area contributed by atoms with Crippen LogP contribution in [-0.4, -0.2) is 18.2 Å². The van der Waals surface area contributed by atoms with Gasteiger partial charge in [0.15, 0.2) is 0 Å². The summed E-state index contributed by atoms with van der Waals surface area (Å²) in [6.45, 7) is 1.61. The lowest BCUT2D eigenvalue weighted by Crippen LogP contribution is -1.96. The highest BCUT2D eigenvalue weighted by atomic mass is 16.5. The van der Waals surface area contributed by atoms with Crippen LogP contribution in [0, 0.1) is 0 Å².